The van der Waals surface area contributed by atoms with Crippen LogP contribution in [0.4, 0.5) is 11.5 Å². The highest BCUT2D eigenvalue weighted by molar-refractivity contribution is 6.33. The maximum atomic E-state index is 11.6. The third-order valence-corrected chi connectivity index (χ3v) is 5.42. The summed E-state index contributed by atoms with van der Waals surface area (Å²) in [5.41, 5.74) is 0.852. The van der Waals surface area contributed by atoms with Gasteiger partial charge in [0.2, 0.25) is 12.2 Å². The molecule has 1 fully saturated rings. The number of aromatic nitrogens is 2. The molecule has 10 heteroatoms. The molecule has 3 rings (SSSR count). The Balaban J connectivity index is 1.80. The number of methoxy groups -OCH3 is 1. The molecule has 1 unspecified atom stereocenters. The van der Waals surface area contributed by atoms with Crippen molar-refractivity contribution >= 4 is 35.0 Å². The van der Waals surface area contributed by atoms with Gasteiger partial charge in [0, 0.05) is 19.6 Å². The molecule has 1 saturated heterocycles. The molecule has 1 aromatic carbocycles. The number of hydrogen-bond donors (Lipinski definition) is 1. The van der Waals surface area contributed by atoms with Gasteiger partial charge in [-0.2, -0.15) is 5.26 Å². The lowest BCUT2D eigenvalue weighted by molar-refractivity contribution is 0.0593. The van der Waals surface area contributed by atoms with Crippen LogP contribution < -0.4 is 10.2 Å². The number of carbonyl (C=O) groups is 1. The molecule has 0 saturated carbocycles. The van der Waals surface area contributed by atoms with Crippen LogP contribution in [0.2, 0.25) is 5.02 Å². The Morgan fingerprint density at radius 3 is 2.71 bits per heavy atom. The lowest BCUT2D eigenvalue weighted by Gasteiger charge is -2.44. The second-order valence-corrected chi connectivity index (χ2v) is 7.75. The lowest BCUT2D eigenvalue weighted by Crippen LogP contribution is -2.58. The van der Waals surface area contributed by atoms with E-state index >= 15 is 0 Å². The van der Waals surface area contributed by atoms with Crippen LogP contribution in [0, 0.1) is 17.4 Å². The molecule has 2 heterocycles. The van der Waals surface area contributed by atoms with Crippen molar-refractivity contribution < 1.29 is 9.53 Å². The summed E-state index contributed by atoms with van der Waals surface area (Å²) in [6.45, 7) is 6.14. The lowest BCUT2D eigenvalue weighted by atomic mass is 10.00. The van der Waals surface area contributed by atoms with Gasteiger partial charge in [0.25, 0.3) is 0 Å². The van der Waals surface area contributed by atoms with Gasteiger partial charge in [0.1, 0.15) is 5.82 Å². The topological polar surface area (TPSA) is 107 Å². The molecule has 31 heavy (non-hydrogen) atoms. The van der Waals surface area contributed by atoms with Gasteiger partial charge in [-0.3, -0.25) is 0 Å². The summed E-state index contributed by atoms with van der Waals surface area (Å²) >= 11 is 6.28. The summed E-state index contributed by atoms with van der Waals surface area (Å²) in [6.07, 6.45) is 4.88. The molecule has 1 aliphatic heterocycles. The minimum atomic E-state index is -0.521. The molecule has 162 valence electrons. The number of nitriles is 1. The molecule has 1 N–H and O–H groups in total. The highest BCUT2D eigenvalue weighted by atomic mass is 35.5. The van der Waals surface area contributed by atoms with Crippen molar-refractivity contribution in [1.29, 1.82) is 5.26 Å². The average molecular weight is 442 g/mol. The maximum Gasteiger partial charge on any atom is 0.358 e. The van der Waals surface area contributed by atoms with Gasteiger partial charge in [-0.1, -0.05) is 37.6 Å². The SMILES string of the molecule is COC(=O)c1cnc(N2CCN(/C(=N/C#N)Nc3ccccc3Cl)C(C(C)C)C2)cn1. The molecule has 2 aromatic rings. The normalized spacial score (nSPS) is 16.8. The van der Waals surface area contributed by atoms with Gasteiger partial charge in [-0.05, 0) is 18.1 Å². The molecule has 1 aromatic heterocycles. The van der Waals surface area contributed by atoms with E-state index in [-0.39, 0.29) is 17.7 Å². The molecular formula is C21H24ClN7O2. The summed E-state index contributed by atoms with van der Waals surface area (Å²) in [7, 11) is 1.31. The van der Waals surface area contributed by atoms with Crippen LogP contribution in [0.3, 0.4) is 0 Å². The van der Waals surface area contributed by atoms with E-state index in [0.29, 0.717) is 42.1 Å². The Morgan fingerprint density at radius 1 is 1.32 bits per heavy atom. The first kappa shape index (κ1) is 22.3. The minimum Gasteiger partial charge on any atom is -0.464 e. The zero-order chi connectivity index (χ0) is 22.4. The summed E-state index contributed by atoms with van der Waals surface area (Å²) in [4.78, 5) is 28.4. The molecule has 0 radical (unpaired) electrons. The Morgan fingerprint density at radius 2 is 2.10 bits per heavy atom. The standard InChI is InChI=1S/C21H24ClN7O2/c1-14(2)18-12-28(19-11-24-17(10-25-19)20(30)31-3)8-9-29(18)21(26-13-23)27-16-7-5-4-6-15(16)22/h4-7,10-11,14,18H,8-9,12H2,1-3H3,(H,26,27). The van der Waals surface area contributed by atoms with Gasteiger partial charge in [0.05, 0.1) is 36.3 Å². The molecule has 0 spiro atoms. The number of esters is 1. The summed E-state index contributed by atoms with van der Waals surface area (Å²) in [5, 5.41) is 13.0. The van der Waals surface area contributed by atoms with Crippen molar-refractivity contribution in [2.24, 2.45) is 10.9 Å². The summed E-state index contributed by atoms with van der Waals surface area (Å²) in [5.74, 6) is 0.880. The number of piperazine rings is 1. The highest BCUT2D eigenvalue weighted by Gasteiger charge is 2.32. The fourth-order valence-corrected chi connectivity index (χ4v) is 3.62. The van der Waals surface area contributed by atoms with E-state index < -0.39 is 5.97 Å². The number of ether oxygens (including phenoxy) is 1. The number of halogens is 1. The zero-order valence-corrected chi connectivity index (χ0v) is 18.4. The van der Waals surface area contributed by atoms with Crippen LogP contribution in [0.15, 0.2) is 41.7 Å². The molecule has 0 bridgehead atoms. The number of guanidine groups is 1. The smallest absolute Gasteiger partial charge is 0.358 e. The van der Waals surface area contributed by atoms with Gasteiger partial charge < -0.3 is 19.9 Å². The molecule has 9 nitrogen and oxygen atoms in total. The highest BCUT2D eigenvalue weighted by Crippen LogP contribution is 2.25. The molecule has 1 atom stereocenters. The van der Waals surface area contributed by atoms with Crippen LogP contribution in [0.25, 0.3) is 0 Å². The Kier molecular flexibility index (Phi) is 7.26. The van der Waals surface area contributed by atoms with Gasteiger partial charge >= 0.3 is 5.97 Å². The number of aliphatic imine (C=N–C) groups is 1. The van der Waals surface area contributed by atoms with Crippen molar-refractivity contribution in [3.63, 3.8) is 0 Å². The van der Waals surface area contributed by atoms with Crippen molar-refractivity contribution in [2.45, 2.75) is 19.9 Å². The first-order valence-electron chi connectivity index (χ1n) is 9.84. The number of rotatable bonds is 4. The fourth-order valence-electron chi connectivity index (χ4n) is 3.44. The van der Waals surface area contributed by atoms with Crippen molar-refractivity contribution in [2.75, 3.05) is 37.0 Å². The van der Waals surface area contributed by atoms with Crippen LogP contribution in [-0.2, 0) is 4.74 Å². The average Bonchev–Trinajstić information content (AvgIpc) is 2.79. The van der Waals surface area contributed by atoms with E-state index in [2.05, 4.69) is 48.7 Å². The number of anilines is 2. The zero-order valence-electron chi connectivity index (χ0n) is 17.6. The van der Waals surface area contributed by atoms with E-state index in [4.69, 9.17) is 11.6 Å². The van der Waals surface area contributed by atoms with Crippen molar-refractivity contribution in [3.05, 3.63) is 47.4 Å². The van der Waals surface area contributed by atoms with E-state index in [9.17, 15) is 10.1 Å². The second kappa shape index (κ2) is 10.1. The van der Waals surface area contributed by atoms with Gasteiger partial charge in [-0.25, -0.2) is 14.8 Å². The van der Waals surface area contributed by atoms with E-state index in [1.807, 2.05) is 24.4 Å². The van der Waals surface area contributed by atoms with Crippen LogP contribution in [0.5, 0.6) is 0 Å². The monoisotopic (exact) mass is 441 g/mol. The molecule has 0 amide bonds. The third kappa shape index (κ3) is 5.22. The van der Waals surface area contributed by atoms with E-state index in [0.717, 1.165) is 0 Å². The molecular weight excluding hydrogens is 418 g/mol. The Bertz CT molecular complexity index is 988. The number of benzene rings is 1. The largest absolute Gasteiger partial charge is 0.464 e. The fraction of sp³-hybridized carbons (Fsp3) is 0.381. The minimum absolute atomic E-state index is 0.0536. The van der Waals surface area contributed by atoms with Crippen LogP contribution in [0.1, 0.15) is 24.3 Å². The quantitative estimate of drug-likeness (QED) is 0.334. The Labute approximate surface area is 186 Å². The number of hydrogen-bond acceptors (Lipinski definition) is 7. The van der Waals surface area contributed by atoms with Crippen LogP contribution >= 0.6 is 11.6 Å². The van der Waals surface area contributed by atoms with Crippen LogP contribution in [-0.4, -0.2) is 59.6 Å². The van der Waals surface area contributed by atoms with E-state index in [1.165, 1.54) is 13.3 Å². The van der Waals surface area contributed by atoms with Crippen molar-refractivity contribution in [1.82, 2.24) is 14.9 Å². The Hall–Kier alpha value is -3.38. The number of nitrogens with zero attached hydrogens (tertiary/aromatic N) is 6. The maximum absolute atomic E-state index is 11.6. The van der Waals surface area contributed by atoms with E-state index in [1.54, 1.807) is 12.3 Å². The summed E-state index contributed by atoms with van der Waals surface area (Å²) in [6, 6.07) is 7.39. The first-order valence-corrected chi connectivity index (χ1v) is 10.2. The predicted molar refractivity (Wildman–Crippen MR) is 119 cm³/mol. The van der Waals surface area contributed by atoms with Gasteiger partial charge in [0.15, 0.2) is 5.69 Å². The first-order chi connectivity index (χ1) is 14.9. The third-order valence-electron chi connectivity index (χ3n) is 5.09. The molecule has 1 aliphatic rings. The number of nitrogens with one attached hydrogen (secondary N) is 1. The number of para-hydroxylation sites is 1. The van der Waals surface area contributed by atoms with Crippen molar-refractivity contribution in [3.8, 4) is 6.19 Å². The second-order valence-electron chi connectivity index (χ2n) is 7.34. The molecule has 0 aliphatic carbocycles. The summed E-state index contributed by atoms with van der Waals surface area (Å²) < 4.78 is 4.67. The number of carbonyl (C=O) groups excluding carboxylic acids is 1. The predicted octanol–water partition coefficient (Wildman–Crippen LogP) is 3.01. The van der Waals surface area contributed by atoms with Gasteiger partial charge in [-0.15, -0.1) is 4.99 Å².